The van der Waals surface area contributed by atoms with Crippen LogP contribution in [0.15, 0.2) is 54.8 Å². The van der Waals surface area contributed by atoms with E-state index in [1.807, 2.05) is 0 Å². The molecule has 0 saturated heterocycles. The molecule has 1 aromatic carbocycles. The Morgan fingerprint density at radius 2 is 2.00 bits per heavy atom. The molecule has 1 amide bonds. The van der Waals surface area contributed by atoms with Crippen molar-refractivity contribution in [1.82, 2.24) is 0 Å². The minimum absolute atomic E-state index is 0.00816. The van der Waals surface area contributed by atoms with Crippen LogP contribution in [0.3, 0.4) is 0 Å². The molecule has 0 aliphatic carbocycles. The van der Waals surface area contributed by atoms with Crippen molar-refractivity contribution >= 4 is 17.3 Å². The lowest BCUT2D eigenvalue weighted by atomic mass is 10.1. The van der Waals surface area contributed by atoms with E-state index in [0.29, 0.717) is 0 Å². The number of nitrogens with one attached hydrogen (secondary N) is 2. The largest absolute Gasteiger partial charge is 0.497 e. The lowest BCUT2D eigenvalue weighted by Gasteiger charge is -2.17. The molecule has 23 heavy (non-hydrogen) atoms. The molecule has 0 bridgehead atoms. The van der Waals surface area contributed by atoms with Crippen LogP contribution in [0.4, 0.5) is 24.5 Å². The molecular weight excluding hydrogens is 309 g/mol. The molecule has 0 aliphatic rings. The summed E-state index contributed by atoms with van der Waals surface area (Å²) < 4.78 is 43.9. The van der Waals surface area contributed by atoms with Crippen molar-refractivity contribution in [2.75, 3.05) is 24.8 Å². The van der Waals surface area contributed by atoms with Gasteiger partial charge in [0.1, 0.15) is 5.76 Å². The third-order valence-corrected chi connectivity index (χ3v) is 2.94. The molecule has 2 N–H and O–H groups in total. The fourth-order valence-corrected chi connectivity index (χ4v) is 1.87. The molecule has 4 nitrogen and oxygen atoms in total. The van der Waals surface area contributed by atoms with E-state index in [2.05, 4.69) is 23.8 Å². The summed E-state index contributed by atoms with van der Waals surface area (Å²) in [4.78, 5) is 12.3. The number of allylic oxidation sites excluding steroid dienone is 2. The fraction of sp³-hybridized carbons (Fsp3) is 0.188. The van der Waals surface area contributed by atoms with Gasteiger partial charge in [0.25, 0.3) is 5.91 Å². The van der Waals surface area contributed by atoms with Crippen molar-refractivity contribution in [1.29, 1.82) is 0 Å². The van der Waals surface area contributed by atoms with Crippen LogP contribution in [-0.2, 0) is 15.7 Å². The van der Waals surface area contributed by atoms with Gasteiger partial charge >= 0.3 is 6.18 Å². The molecule has 0 unspecified atom stereocenters. The van der Waals surface area contributed by atoms with Crippen LogP contribution in [0, 0.1) is 0 Å². The van der Waals surface area contributed by atoms with Crippen molar-refractivity contribution < 1.29 is 22.7 Å². The molecule has 0 heterocycles. The van der Waals surface area contributed by atoms with Crippen LogP contribution in [0.2, 0.25) is 0 Å². The second-order valence-electron chi connectivity index (χ2n) is 4.37. The number of benzene rings is 1. The quantitative estimate of drug-likeness (QED) is 0.473. The number of para-hydroxylation sites is 1. The maximum absolute atomic E-state index is 13.0. The Hall–Kier alpha value is -2.70. The first kappa shape index (κ1) is 18.3. The van der Waals surface area contributed by atoms with Gasteiger partial charge in [-0.1, -0.05) is 25.3 Å². The summed E-state index contributed by atoms with van der Waals surface area (Å²) in [5, 5.41) is 4.88. The molecule has 0 atom stereocenters. The first-order valence-electron chi connectivity index (χ1n) is 6.51. The second kappa shape index (κ2) is 7.53. The molecule has 0 saturated carbocycles. The van der Waals surface area contributed by atoms with Gasteiger partial charge in [-0.3, -0.25) is 4.79 Å². The van der Waals surface area contributed by atoms with E-state index in [4.69, 9.17) is 4.74 Å². The van der Waals surface area contributed by atoms with Crippen LogP contribution in [0.1, 0.15) is 5.56 Å². The Morgan fingerprint density at radius 3 is 2.48 bits per heavy atom. The summed E-state index contributed by atoms with van der Waals surface area (Å²) in [5.41, 5.74) is -1.06. The highest BCUT2D eigenvalue weighted by atomic mass is 19.4. The van der Waals surface area contributed by atoms with Gasteiger partial charge in [-0.05, 0) is 18.2 Å². The molecule has 7 heteroatoms. The Balaban J connectivity index is 3.23. The maximum Gasteiger partial charge on any atom is 0.418 e. The zero-order valence-electron chi connectivity index (χ0n) is 12.8. The van der Waals surface area contributed by atoms with Gasteiger partial charge in [0.05, 0.1) is 29.6 Å². The first-order chi connectivity index (χ1) is 10.8. The summed E-state index contributed by atoms with van der Waals surface area (Å²) >= 11 is 0. The number of hydrogen-bond acceptors (Lipinski definition) is 3. The number of carbonyl (C=O) groups is 1. The molecule has 0 aromatic heterocycles. The third kappa shape index (κ3) is 4.38. The van der Waals surface area contributed by atoms with Crippen LogP contribution >= 0.6 is 0 Å². The molecule has 0 aliphatic heterocycles. The van der Waals surface area contributed by atoms with Gasteiger partial charge in [0, 0.05) is 7.05 Å². The number of ether oxygens (including phenoxy) is 1. The van der Waals surface area contributed by atoms with Gasteiger partial charge in [0.2, 0.25) is 0 Å². The van der Waals surface area contributed by atoms with E-state index < -0.39 is 17.6 Å². The highest BCUT2D eigenvalue weighted by molar-refractivity contribution is 6.08. The number of rotatable bonds is 6. The number of alkyl halides is 3. The summed E-state index contributed by atoms with van der Waals surface area (Å²) in [7, 11) is 2.67. The van der Waals surface area contributed by atoms with Crippen molar-refractivity contribution in [3.8, 4) is 0 Å². The number of halogens is 3. The molecular formula is C16H17F3N2O2. The van der Waals surface area contributed by atoms with E-state index in [1.54, 1.807) is 0 Å². The minimum atomic E-state index is -4.55. The molecule has 1 aromatic rings. The Morgan fingerprint density at radius 1 is 1.35 bits per heavy atom. The average Bonchev–Trinajstić information content (AvgIpc) is 2.50. The number of anilines is 2. The van der Waals surface area contributed by atoms with Crippen LogP contribution in [-0.4, -0.2) is 20.1 Å². The van der Waals surface area contributed by atoms with E-state index in [1.165, 1.54) is 38.4 Å². The lowest BCUT2D eigenvalue weighted by molar-refractivity contribution is -0.137. The van der Waals surface area contributed by atoms with Gasteiger partial charge in [-0.15, -0.1) is 0 Å². The topological polar surface area (TPSA) is 50.4 Å². The minimum Gasteiger partial charge on any atom is -0.497 e. The zero-order valence-corrected chi connectivity index (χ0v) is 12.8. The van der Waals surface area contributed by atoms with Crippen molar-refractivity contribution in [3.63, 3.8) is 0 Å². The number of methoxy groups -OCH3 is 1. The van der Waals surface area contributed by atoms with E-state index in [-0.39, 0.29) is 22.7 Å². The van der Waals surface area contributed by atoms with E-state index >= 15 is 0 Å². The lowest BCUT2D eigenvalue weighted by Crippen LogP contribution is -2.18. The second-order valence-corrected chi connectivity index (χ2v) is 4.37. The highest BCUT2D eigenvalue weighted by Crippen LogP contribution is 2.38. The SMILES string of the molecule is C=C/C=C(\C(=C)OC)C(=O)Nc1cccc(C(F)(F)F)c1NC. The Bertz CT molecular complexity index is 649. The van der Waals surface area contributed by atoms with Crippen molar-refractivity contribution in [3.05, 3.63) is 60.4 Å². The number of carbonyl (C=O) groups excluding carboxylic acids is 1. The molecule has 124 valence electrons. The van der Waals surface area contributed by atoms with Crippen LogP contribution < -0.4 is 10.6 Å². The summed E-state index contributed by atoms with van der Waals surface area (Å²) in [6.45, 7) is 7.03. The Labute approximate surface area is 132 Å². The number of amides is 1. The normalized spacial score (nSPS) is 11.6. The molecule has 0 spiro atoms. The predicted molar refractivity (Wildman–Crippen MR) is 84.0 cm³/mol. The summed E-state index contributed by atoms with van der Waals surface area (Å²) in [5.74, 6) is -0.590. The summed E-state index contributed by atoms with van der Waals surface area (Å²) in [6, 6.07) is 3.50. The third-order valence-electron chi connectivity index (χ3n) is 2.94. The van der Waals surface area contributed by atoms with E-state index in [9.17, 15) is 18.0 Å². The Kier molecular flexibility index (Phi) is 6.01. The maximum atomic E-state index is 13.0. The predicted octanol–water partition coefficient (Wildman–Crippen LogP) is 3.96. The van der Waals surface area contributed by atoms with Crippen molar-refractivity contribution in [2.45, 2.75) is 6.18 Å². The van der Waals surface area contributed by atoms with Crippen molar-refractivity contribution in [2.24, 2.45) is 0 Å². The standard InChI is InChI=1S/C16H17F3N2O2/c1-5-7-11(10(2)23-4)15(22)21-13-9-6-8-12(14(13)20-3)16(17,18)19/h5-9,20H,1-2H2,3-4H3,(H,21,22)/b11-7+. The van der Waals surface area contributed by atoms with Crippen LogP contribution in [0.5, 0.6) is 0 Å². The van der Waals surface area contributed by atoms with Gasteiger partial charge in [0.15, 0.2) is 0 Å². The monoisotopic (exact) mass is 326 g/mol. The average molecular weight is 326 g/mol. The molecule has 0 fully saturated rings. The first-order valence-corrected chi connectivity index (χ1v) is 6.51. The number of hydrogen-bond donors (Lipinski definition) is 2. The molecule has 0 radical (unpaired) electrons. The van der Waals surface area contributed by atoms with Gasteiger partial charge < -0.3 is 15.4 Å². The zero-order chi connectivity index (χ0) is 17.6. The molecule has 1 rings (SSSR count). The highest BCUT2D eigenvalue weighted by Gasteiger charge is 2.34. The van der Waals surface area contributed by atoms with Gasteiger partial charge in [-0.25, -0.2) is 0 Å². The fourth-order valence-electron chi connectivity index (χ4n) is 1.87. The smallest absolute Gasteiger partial charge is 0.418 e. The summed E-state index contributed by atoms with van der Waals surface area (Å²) in [6.07, 6.45) is -1.84. The van der Waals surface area contributed by atoms with E-state index in [0.717, 1.165) is 6.07 Å². The van der Waals surface area contributed by atoms with Gasteiger partial charge in [-0.2, -0.15) is 13.2 Å². The van der Waals surface area contributed by atoms with Crippen LogP contribution in [0.25, 0.3) is 0 Å².